The number of carbonyl (C=O) groups excluding carboxylic acids is 1. The lowest BCUT2D eigenvalue weighted by molar-refractivity contribution is 0.00397. The molecule has 0 saturated carbocycles. The third-order valence-electron chi connectivity index (χ3n) is 6.45. The zero-order valence-corrected chi connectivity index (χ0v) is 16.2. The lowest BCUT2D eigenvalue weighted by Gasteiger charge is -2.39. The van der Waals surface area contributed by atoms with Crippen molar-refractivity contribution in [2.75, 3.05) is 33.6 Å². The van der Waals surface area contributed by atoms with E-state index in [1.807, 2.05) is 0 Å². The van der Waals surface area contributed by atoms with Gasteiger partial charge in [-0.2, -0.15) is 0 Å². The third kappa shape index (κ3) is 2.49. The van der Waals surface area contributed by atoms with Gasteiger partial charge in [-0.05, 0) is 62.1 Å². The molecule has 3 heterocycles. The van der Waals surface area contributed by atoms with Crippen molar-refractivity contribution in [3.63, 3.8) is 0 Å². The van der Waals surface area contributed by atoms with E-state index in [1.54, 1.807) is 14.0 Å². The highest BCUT2D eigenvalue weighted by atomic mass is 16.7. The van der Waals surface area contributed by atoms with Gasteiger partial charge in [-0.25, -0.2) is 4.79 Å². The lowest BCUT2D eigenvalue weighted by atomic mass is 9.77. The van der Waals surface area contributed by atoms with Crippen LogP contribution in [-0.2, 0) is 20.6 Å². The molecule has 0 radical (unpaired) electrons. The minimum Gasteiger partial charge on any atom is -0.497 e. The summed E-state index contributed by atoms with van der Waals surface area (Å²) in [4.78, 5) is 14.7. The molecule has 1 aromatic carbocycles. The molecule has 28 heavy (non-hydrogen) atoms. The van der Waals surface area contributed by atoms with E-state index in [0.717, 1.165) is 49.4 Å². The summed E-state index contributed by atoms with van der Waals surface area (Å²) in [5.74, 6) is 2.16. The van der Waals surface area contributed by atoms with Crippen LogP contribution in [0.5, 0.6) is 11.5 Å². The maximum atomic E-state index is 12.2. The summed E-state index contributed by atoms with van der Waals surface area (Å²) in [5.41, 5.74) is 2.14. The molecule has 0 N–H and O–H groups in total. The van der Waals surface area contributed by atoms with Crippen LogP contribution in [0.1, 0.15) is 36.8 Å². The number of hydrogen-bond acceptors (Lipinski definition) is 7. The topological polar surface area (TPSA) is 66.5 Å². The molecular formula is C21H25NO6. The largest absolute Gasteiger partial charge is 0.509 e. The van der Waals surface area contributed by atoms with E-state index >= 15 is 0 Å². The number of methoxy groups -OCH3 is 1. The van der Waals surface area contributed by atoms with Gasteiger partial charge in [0.05, 0.1) is 25.2 Å². The fourth-order valence-corrected chi connectivity index (χ4v) is 5.35. The van der Waals surface area contributed by atoms with Crippen molar-refractivity contribution in [1.82, 2.24) is 4.90 Å². The van der Waals surface area contributed by atoms with Crippen molar-refractivity contribution in [3.8, 4) is 11.5 Å². The molecule has 7 heteroatoms. The van der Waals surface area contributed by atoms with E-state index < -0.39 is 12.3 Å². The van der Waals surface area contributed by atoms with Gasteiger partial charge in [-0.1, -0.05) is 0 Å². The molecule has 4 aliphatic rings. The first-order chi connectivity index (χ1) is 13.7. The number of nitrogens with zero attached hydrogens (tertiary/aromatic N) is 1. The Hall–Kier alpha value is -2.41. The highest BCUT2D eigenvalue weighted by Gasteiger charge is 2.58. The van der Waals surface area contributed by atoms with E-state index in [1.165, 1.54) is 5.56 Å². The predicted octanol–water partition coefficient (Wildman–Crippen LogP) is 2.98. The number of fused-ring (bicyclic) bond motifs is 3. The Bertz CT molecular complexity index is 836. The number of hydrogen-bond donors (Lipinski definition) is 0. The van der Waals surface area contributed by atoms with Crippen LogP contribution in [0.25, 0.3) is 0 Å². The summed E-state index contributed by atoms with van der Waals surface area (Å²) in [6.45, 7) is 4.25. The zero-order chi connectivity index (χ0) is 19.3. The average molecular weight is 387 g/mol. The van der Waals surface area contributed by atoms with Crippen molar-refractivity contribution in [3.05, 3.63) is 35.1 Å². The second kappa shape index (κ2) is 6.58. The summed E-state index contributed by atoms with van der Waals surface area (Å²) in [5, 5.41) is 0. The van der Waals surface area contributed by atoms with Gasteiger partial charge < -0.3 is 23.7 Å². The van der Waals surface area contributed by atoms with Gasteiger partial charge in [0.15, 0.2) is 17.6 Å². The van der Waals surface area contributed by atoms with Crippen LogP contribution in [0.2, 0.25) is 0 Å². The summed E-state index contributed by atoms with van der Waals surface area (Å²) in [6, 6.07) is 4.15. The monoisotopic (exact) mass is 387 g/mol. The Kier molecular flexibility index (Phi) is 4.16. The van der Waals surface area contributed by atoms with Crippen LogP contribution < -0.4 is 9.47 Å². The van der Waals surface area contributed by atoms with Gasteiger partial charge in [0.1, 0.15) is 5.76 Å². The summed E-state index contributed by atoms with van der Waals surface area (Å²) < 4.78 is 27.8. The van der Waals surface area contributed by atoms with Crippen LogP contribution in [0.3, 0.4) is 0 Å². The van der Waals surface area contributed by atoms with Crippen molar-refractivity contribution in [1.29, 1.82) is 0 Å². The van der Waals surface area contributed by atoms with Crippen LogP contribution in [0, 0.1) is 0 Å². The first kappa shape index (κ1) is 17.7. The predicted molar refractivity (Wildman–Crippen MR) is 99.5 cm³/mol. The number of benzene rings is 1. The highest BCUT2D eigenvalue weighted by molar-refractivity contribution is 5.62. The normalized spacial score (nSPS) is 30.0. The molecule has 1 aromatic rings. The Morgan fingerprint density at radius 1 is 1.29 bits per heavy atom. The molecule has 5 rings (SSSR count). The van der Waals surface area contributed by atoms with Gasteiger partial charge in [-0.3, -0.25) is 4.90 Å². The Balaban J connectivity index is 1.63. The molecule has 3 atom stereocenters. The highest BCUT2D eigenvalue weighted by Crippen LogP contribution is 2.55. The molecule has 7 nitrogen and oxygen atoms in total. The van der Waals surface area contributed by atoms with Crippen molar-refractivity contribution in [2.45, 2.75) is 43.7 Å². The van der Waals surface area contributed by atoms with Crippen molar-refractivity contribution < 1.29 is 28.5 Å². The van der Waals surface area contributed by atoms with Crippen LogP contribution in [0.4, 0.5) is 4.79 Å². The Morgan fingerprint density at radius 3 is 2.89 bits per heavy atom. The lowest BCUT2D eigenvalue weighted by Crippen LogP contribution is -2.47. The van der Waals surface area contributed by atoms with Gasteiger partial charge in [0, 0.05) is 6.54 Å². The average Bonchev–Trinajstić information content (AvgIpc) is 3.36. The van der Waals surface area contributed by atoms with E-state index in [2.05, 4.69) is 23.1 Å². The first-order valence-corrected chi connectivity index (χ1v) is 9.94. The SMILES string of the molecule is CCOC(=O)O[C@@H]1C(OC)=C[C@]23CCCN2CCc2cc4c(cc2[C@H]13)OCO4. The molecule has 1 saturated heterocycles. The standard InChI is InChI=1S/C21H25NO6/c1-3-25-20(23)28-19-17(24-2)11-21-6-4-7-22(21)8-5-13-9-15-16(27-12-26-15)10-14(13)18(19)21/h9-11,18-19H,3-8,12H2,1-2H3/t18-,19-,21+/m1/s1. The van der Waals surface area contributed by atoms with Gasteiger partial charge in [-0.15, -0.1) is 0 Å². The summed E-state index contributed by atoms with van der Waals surface area (Å²) in [7, 11) is 1.63. The third-order valence-corrected chi connectivity index (χ3v) is 6.45. The smallest absolute Gasteiger partial charge is 0.497 e. The summed E-state index contributed by atoms with van der Waals surface area (Å²) >= 11 is 0. The van der Waals surface area contributed by atoms with E-state index in [4.69, 9.17) is 23.7 Å². The molecule has 0 amide bonds. The molecule has 1 aliphatic carbocycles. The molecule has 1 spiro atoms. The summed E-state index contributed by atoms with van der Waals surface area (Å²) in [6.07, 6.45) is 4.02. The van der Waals surface area contributed by atoms with E-state index in [9.17, 15) is 4.79 Å². The molecule has 0 aromatic heterocycles. The van der Waals surface area contributed by atoms with E-state index in [-0.39, 0.29) is 24.9 Å². The van der Waals surface area contributed by atoms with E-state index in [0.29, 0.717) is 5.76 Å². The molecule has 0 bridgehead atoms. The van der Waals surface area contributed by atoms with Crippen LogP contribution in [0.15, 0.2) is 24.0 Å². The molecule has 3 aliphatic heterocycles. The molecule has 150 valence electrons. The second-order valence-electron chi connectivity index (χ2n) is 7.69. The van der Waals surface area contributed by atoms with Gasteiger partial charge in [0.2, 0.25) is 6.79 Å². The van der Waals surface area contributed by atoms with Crippen LogP contribution in [-0.4, -0.2) is 56.3 Å². The fourth-order valence-electron chi connectivity index (χ4n) is 5.35. The number of rotatable bonds is 3. The van der Waals surface area contributed by atoms with Crippen molar-refractivity contribution >= 4 is 6.16 Å². The first-order valence-electron chi connectivity index (χ1n) is 9.94. The molecule has 1 fully saturated rings. The Labute approximate surface area is 164 Å². The maximum absolute atomic E-state index is 12.2. The maximum Gasteiger partial charge on any atom is 0.509 e. The number of carbonyl (C=O) groups is 1. The van der Waals surface area contributed by atoms with Gasteiger partial charge >= 0.3 is 6.16 Å². The number of ether oxygens (including phenoxy) is 5. The second-order valence-corrected chi connectivity index (χ2v) is 7.69. The van der Waals surface area contributed by atoms with Crippen LogP contribution >= 0.6 is 0 Å². The minimum absolute atomic E-state index is 0.0682. The molecular weight excluding hydrogens is 362 g/mol. The fraction of sp³-hybridized carbons (Fsp3) is 0.571. The quantitative estimate of drug-likeness (QED) is 0.739. The molecule has 0 unspecified atom stereocenters. The minimum atomic E-state index is -0.663. The van der Waals surface area contributed by atoms with Crippen molar-refractivity contribution in [2.24, 2.45) is 0 Å². The zero-order valence-electron chi connectivity index (χ0n) is 16.2. The Morgan fingerprint density at radius 2 is 2.11 bits per heavy atom. The van der Waals surface area contributed by atoms with Gasteiger partial charge in [0.25, 0.3) is 0 Å².